The summed E-state index contributed by atoms with van der Waals surface area (Å²) in [4.78, 5) is 2.34. The Kier molecular flexibility index (Phi) is 3.03. The van der Waals surface area contributed by atoms with Crippen LogP contribution >= 0.6 is 0 Å². The maximum atomic E-state index is 4.75. The van der Waals surface area contributed by atoms with E-state index in [1.54, 1.807) is 0 Å². The van der Waals surface area contributed by atoms with Crippen molar-refractivity contribution in [1.82, 2.24) is 19.8 Å². The Morgan fingerprint density at radius 2 is 1.62 bits per heavy atom. The Morgan fingerprint density at radius 1 is 0.810 bits per heavy atom. The highest BCUT2D eigenvalue weighted by Crippen LogP contribution is 2.21. The normalized spacial score (nSPS) is 15.5. The van der Waals surface area contributed by atoms with Gasteiger partial charge in [-0.05, 0) is 31.4 Å². The van der Waals surface area contributed by atoms with Crippen LogP contribution in [0.1, 0.15) is 19.3 Å². The van der Waals surface area contributed by atoms with Crippen molar-refractivity contribution < 1.29 is 0 Å². The number of piperidine rings is 1. The molecule has 1 aromatic carbocycles. The molecule has 0 aliphatic carbocycles. The molecule has 1 fully saturated rings. The first-order chi connectivity index (χ1) is 10.4. The van der Waals surface area contributed by atoms with Crippen molar-refractivity contribution >= 4 is 11.5 Å². The van der Waals surface area contributed by atoms with Crippen LogP contribution in [0.3, 0.4) is 0 Å². The van der Waals surface area contributed by atoms with Gasteiger partial charge in [0.15, 0.2) is 11.5 Å². The van der Waals surface area contributed by atoms with E-state index in [0.29, 0.717) is 0 Å². The van der Waals surface area contributed by atoms with Crippen LogP contribution in [0.25, 0.3) is 17.0 Å². The Balaban J connectivity index is 1.79. The molecule has 2 aromatic heterocycles. The van der Waals surface area contributed by atoms with Gasteiger partial charge in [-0.3, -0.25) is 0 Å². The van der Waals surface area contributed by atoms with Crippen LogP contribution in [-0.2, 0) is 0 Å². The average Bonchev–Trinajstić information content (AvgIpc) is 2.99. The molecule has 1 aliphatic heterocycles. The molecule has 3 heterocycles. The second-order valence-electron chi connectivity index (χ2n) is 5.40. The lowest BCUT2D eigenvalue weighted by molar-refractivity contribution is 0.570. The number of fused-ring (bicyclic) bond motifs is 1. The predicted octanol–water partition coefficient (Wildman–Crippen LogP) is 2.78. The van der Waals surface area contributed by atoms with Crippen molar-refractivity contribution in [3.63, 3.8) is 0 Å². The van der Waals surface area contributed by atoms with E-state index < -0.39 is 0 Å². The highest BCUT2D eigenvalue weighted by Gasteiger charge is 2.15. The molecule has 1 aliphatic rings. The molecule has 5 heteroatoms. The minimum Gasteiger partial charge on any atom is -0.355 e. The van der Waals surface area contributed by atoms with Crippen LogP contribution < -0.4 is 4.90 Å². The number of benzene rings is 1. The SMILES string of the molecule is c1ccc(-c2nnc3ccc(N4CCCCC4)nn23)cc1. The van der Waals surface area contributed by atoms with Gasteiger partial charge < -0.3 is 4.90 Å². The summed E-state index contributed by atoms with van der Waals surface area (Å²) in [5.74, 6) is 1.81. The van der Waals surface area contributed by atoms with Gasteiger partial charge in [0, 0.05) is 18.7 Å². The van der Waals surface area contributed by atoms with Gasteiger partial charge in [-0.1, -0.05) is 30.3 Å². The molecule has 21 heavy (non-hydrogen) atoms. The zero-order chi connectivity index (χ0) is 14.1. The lowest BCUT2D eigenvalue weighted by atomic mass is 10.1. The molecule has 0 unspecified atom stereocenters. The van der Waals surface area contributed by atoms with Gasteiger partial charge in [0.25, 0.3) is 0 Å². The third kappa shape index (κ3) is 2.24. The van der Waals surface area contributed by atoms with Gasteiger partial charge >= 0.3 is 0 Å². The van der Waals surface area contributed by atoms with Crippen LogP contribution in [-0.4, -0.2) is 32.9 Å². The highest BCUT2D eigenvalue weighted by molar-refractivity contribution is 5.59. The monoisotopic (exact) mass is 279 g/mol. The smallest absolute Gasteiger partial charge is 0.185 e. The van der Waals surface area contributed by atoms with E-state index in [-0.39, 0.29) is 0 Å². The molecular weight excluding hydrogens is 262 g/mol. The molecule has 0 atom stereocenters. The fourth-order valence-electron chi connectivity index (χ4n) is 2.84. The van der Waals surface area contributed by atoms with Gasteiger partial charge in [-0.2, -0.15) is 4.52 Å². The molecule has 4 rings (SSSR count). The molecule has 0 bridgehead atoms. The summed E-state index contributed by atoms with van der Waals surface area (Å²) < 4.78 is 1.85. The number of hydrogen-bond acceptors (Lipinski definition) is 4. The van der Waals surface area contributed by atoms with Crippen LogP contribution in [0.5, 0.6) is 0 Å². The topological polar surface area (TPSA) is 46.3 Å². The Hall–Kier alpha value is -2.43. The second kappa shape index (κ2) is 5.16. The van der Waals surface area contributed by atoms with Crippen molar-refractivity contribution in [1.29, 1.82) is 0 Å². The highest BCUT2D eigenvalue weighted by atomic mass is 15.4. The van der Waals surface area contributed by atoms with E-state index in [2.05, 4.69) is 15.1 Å². The third-order valence-corrected chi connectivity index (χ3v) is 3.96. The molecule has 0 saturated carbocycles. The van der Waals surface area contributed by atoms with Crippen molar-refractivity contribution in [3.8, 4) is 11.4 Å². The first kappa shape index (κ1) is 12.3. The van der Waals surface area contributed by atoms with Gasteiger partial charge in [-0.25, -0.2) is 0 Å². The Labute approximate surface area is 123 Å². The van der Waals surface area contributed by atoms with Crippen molar-refractivity contribution in [2.75, 3.05) is 18.0 Å². The molecule has 5 nitrogen and oxygen atoms in total. The van der Waals surface area contributed by atoms with Crippen LogP contribution in [0.2, 0.25) is 0 Å². The Bertz CT molecular complexity index is 744. The molecule has 1 saturated heterocycles. The minimum absolute atomic E-state index is 0.787. The fraction of sp³-hybridized carbons (Fsp3) is 0.312. The summed E-state index contributed by atoms with van der Waals surface area (Å²) in [7, 11) is 0. The van der Waals surface area contributed by atoms with Gasteiger partial charge in [0.05, 0.1) is 0 Å². The summed E-state index contributed by atoms with van der Waals surface area (Å²) in [5, 5.41) is 13.2. The summed E-state index contributed by atoms with van der Waals surface area (Å²) in [5.41, 5.74) is 1.82. The van der Waals surface area contributed by atoms with Crippen molar-refractivity contribution in [3.05, 3.63) is 42.5 Å². The first-order valence-electron chi connectivity index (χ1n) is 7.45. The number of rotatable bonds is 2. The predicted molar refractivity (Wildman–Crippen MR) is 82.3 cm³/mol. The average molecular weight is 279 g/mol. The molecule has 0 radical (unpaired) electrons. The zero-order valence-corrected chi connectivity index (χ0v) is 11.8. The maximum absolute atomic E-state index is 4.75. The summed E-state index contributed by atoms with van der Waals surface area (Å²) in [6.07, 6.45) is 3.81. The van der Waals surface area contributed by atoms with Gasteiger partial charge in [0.1, 0.15) is 5.82 Å². The van der Waals surface area contributed by atoms with Crippen molar-refractivity contribution in [2.24, 2.45) is 0 Å². The number of nitrogens with zero attached hydrogens (tertiary/aromatic N) is 5. The van der Waals surface area contributed by atoms with Gasteiger partial charge in [-0.15, -0.1) is 15.3 Å². The third-order valence-electron chi connectivity index (χ3n) is 3.96. The van der Waals surface area contributed by atoms with Gasteiger partial charge in [0.2, 0.25) is 0 Å². The number of anilines is 1. The van der Waals surface area contributed by atoms with Crippen LogP contribution in [0.15, 0.2) is 42.5 Å². The van der Waals surface area contributed by atoms with E-state index in [9.17, 15) is 0 Å². The molecule has 106 valence electrons. The molecule has 0 N–H and O–H groups in total. The number of aromatic nitrogens is 4. The Morgan fingerprint density at radius 3 is 2.43 bits per heavy atom. The van der Waals surface area contributed by atoms with Crippen molar-refractivity contribution in [2.45, 2.75) is 19.3 Å². The fourth-order valence-corrected chi connectivity index (χ4v) is 2.84. The van der Waals surface area contributed by atoms with Crippen LogP contribution in [0.4, 0.5) is 5.82 Å². The van der Waals surface area contributed by atoms with E-state index in [4.69, 9.17) is 5.10 Å². The summed E-state index contributed by atoms with van der Waals surface area (Å²) in [6.45, 7) is 2.17. The quantitative estimate of drug-likeness (QED) is 0.723. The largest absolute Gasteiger partial charge is 0.355 e. The zero-order valence-electron chi connectivity index (χ0n) is 11.8. The lowest BCUT2D eigenvalue weighted by Crippen LogP contribution is -2.30. The number of hydrogen-bond donors (Lipinski definition) is 0. The molecular formula is C16H17N5. The maximum Gasteiger partial charge on any atom is 0.185 e. The molecule has 0 spiro atoms. The van der Waals surface area contributed by atoms with E-state index in [0.717, 1.165) is 35.9 Å². The van der Waals surface area contributed by atoms with E-state index in [1.165, 1.54) is 19.3 Å². The minimum atomic E-state index is 0.787. The van der Waals surface area contributed by atoms with E-state index in [1.807, 2.05) is 47.0 Å². The standard InChI is InChI=1S/C16H17N5/c1-3-7-13(8-4-1)16-18-17-14-9-10-15(19-21(14)16)20-11-5-2-6-12-20/h1,3-4,7-10H,2,5-6,11-12H2. The van der Waals surface area contributed by atoms with Crippen LogP contribution in [0, 0.1) is 0 Å². The lowest BCUT2D eigenvalue weighted by Gasteiger charge is -2.27. The van der Waals surface area contributed by atoms with E-state index >= 15 is 0 Å². The molecule has 3 aromatic rings. The first-order valence-corrected chi connectivity index (χ1v) is 7.45. The summed E-state index contributed by atoms with van der Waals surface area (Å²) in [6, 6.07) is 14.1. The molecule has 0 amide bonds. The second-order valence-corrected chi connectivity index (χ2v) is 5.40. The summed E-state index contributed by atoms with van der Waals surface area (Å²) >= 11 is 0.